The number of nitrogens with one attached hydrogen (secondary N) is 1. The van der Waals surface area contributed by atoms with E-state index < -0.39 is 10.4 Å². The Balaban J connectivity index is 3.56. The number of primary amides is 1. The molecule has 0 fully saturated rings. The molecule has 0 atom stereocenters. The summed E-state index contributed by atoms with van der Waals surface area (Å²) in [6.45, 7) is 0.0505. The van der Waals surface area contributed by atoms with Crippen molar-refractivity contribution in [2.75, 3.05) is 12.4 Å². The van der Waals surface area contributed by atoms with Gasteiger partial charge < -0.3 is 11.1 Å². The first kappa shape index (κ1) is 10.1. The molecule has 0 radical (unpaired) electrons. The summed E-state index contributed by atoms with van der Waals surface area (Å²) < 4.78 is -1.13. The molecule has 6 heteroatoms. The van der Waals surface area contributed by atoms with Crippen molar-refractivity contribution in [1.29, 1.82) is 0 Å². The molecule has 0 saturated heterocycles. The fourth-order valence-corrected chi connectivity index (χ4v) is 0.492. The Morgan fingerprint density at radius 1 is 1.60 bits per heavy atom. The molecule has 0 aromatic carbocycles. The Labute approximate surface area is 73.8 Å². The van der Waals surface area contributed by atoms with Gasteiger partial charge in [-0.3, -0.25) is 0 Å². The molecule has 0 bridgehead atoms. The Morgan fingerprint density at radius 3 is 2.40 bits per heavy atom. The van der Waals surface area contributed by atoms with E-state index in [9.17, 15) is 4.79 Å². The summed E-state index contributed by atoms with van der Waals surface area (Å²) in [5.74, 6) is 0.0381. The molecule has 3 nitrogen and oxygen atoms in total. The minimum absolute atomic E-state index is 0.0381. The molecule has 60 valence electrons. The minimum atomic E-state index is -1.13. The molecule has 10 heavy (non-hydrogen) atoms. The molecule has 0 saturated carbocycles. The number of hydrogen-bond donors (Lipinski definition) is 2. The van der Waals surface area contributed by atoms with E-state index in [1.165, 1.54) is 0 Å². The number of amides is 2. The molecule has 0 aromatic heterocycles. The summed E-state index contributed by atoms with van der Waals surface area (Å²) in [5, 5.41) is 2.23. The highest BCUT2D eigenvalue weighted by Crippen LogP contribution is 2.20. The van der Waals surface area contributed by atoms with Gasteiger partial charge in [-0.2, -0.15) is 0 Å². The second-order valence-corrected chi connectivity index (χ2v) is 3.62. The number of rotatable bonds is 3. The SMILES string of the molecule is NC(=O)NCC(Cl)(Cl)CCl. The number of carbonyl (C=O) groups excluding carboxylic acids is 1. The number of nitrogens with two attached hydrogens (primary N) is 1. The average Bonchev–Trinajstić information content (AvgIpc) is 1.85. The van der Waals surface area contributed by atoms with Crippen LogP contribution in [0.25, 0.3) is 0 Å². The van der Waals surface area contributed by atoms with Crippen molar-refractivity contribution >= 4 is 40.8 Å². The fraction of sp³-hybridized carbons (Fsp3) is 0.750. The molecule has 0 rings (SSSR count). The first-order valence-corrected chi connectivity index (χ1v) is 3.74. The van der Waals surface area contributed by atoms with Crippen LogP contribution in [0.15, 0.2) is 0 Å². The van der Waals surface area contributed by atoms with Crippen molar-refractivity contribution < 1.29 is 4.79 Å². The van der Waals surface area contributed by atoms with Crippen molar-refractivity contribution in [3.63, 3.8) is 0 Å². The minimum Gasteiger partial charge on any atom is -0.352 e. The van der Waals surface area contributed by atoms with E-state index in [-0.39, 0.29) is 12.4 Å². The standard InChI is InChI=1S/C4H7Cl3N2O/c5-1-4(6,7)2-9-3(8)10/h1-2H2,(H3,8,9,10). The lowest BCUT2D eigenvalue weighted by Crippen LogP contribution is -2.39. The zero-order valence-corrected chi connectivity index (χ0v) is 7.30. The Bertz CT molecular complexity index is 128. The third-order valence-corrected chi connectivity index (χ3v) is 1.98. The van der Waals surface area contributed by atoms with Crippen molar-refractivity contribution in [2.24, 2.45) is 5.73 Å². The molecular weight excluding hydrogens is 198 g/mol. The fourth-order valence-electron chi connectivity index (χ4n) is 0.264. The number of hydrogen-bond acceptors (Lipinski definition) is 1. The van der Waals surface area contributed by atoms with E-state index in [0.717, 1.165) is 0 Å². The van der Waals surface area contributed by atoms with Gasteiger partial charge in [0.2, 0.25) is 0 Å². The highest BCUT2D eigenvalue weighted by molar-refractivity contribution is 6.51. The van der Waals surface area contributed by atoms with Gasteiger partial charge in [0.05, 0.1) is 12.4 Å². The van der Waals surface area contributed by atoms with Crippen LogP contribution < -0.4 is 11.1 Å². The smallest absolute Gasteiger partial charge is 0.312 e. The van der Waals surface area contributed by atoms with Crippen molar-refractivity contribution in [1.82, 2.24) is 5.32 Å². The lowest BCUT2D eigenvalue weighted by molar-refractivity contribution is 0.249. The summed E-state index contributed by atoms with van der Waals surface area (Å²) >= 11 is 16.4. The molecule has 0 heterocycles. The van der Waals surface area contributed by atoms with Crippen LogP contribution in [0.5, 0.6) is 0 Å². The first-order chi connectivity index (χ1) is 4.48. The van der Waals surface area contributed by atoms with Crippen LogP contribution in [-0.4, -0.2) is 22.8 Å². The van der Waals surface area contributed by atoms with Crippen molar-refractivity contribution in [2.45, 2.75) is 4.33 Å². The van der Waals surface area contributed by atoms with Gasteiger partial charge in [-0.25, -0.2) is 4.79 Å². The first-order valence-electron chi connectivity index (χ1n) is 2.45. The third-order valence-electron chi connectivity index (χ3n) is 0.717. The maximum absolute atomic E-state index is 10.1. The van der Waals surface area contributed by atoms with Crippen LogP contribution in [-0.2, 0) is 0 Å². The summed E-state index contributed by atoms with van der Waals surface area (Å²) in [6.07, 6.45) is 0. The lowest BCUT2D eigenvalue weighted by atomic mass is 10.4. The summed E-state index contributed by atoms with van der Waals surface area (Å²) in [7, 11) is 0. The van der Waals surface area contributed by atoms with Crippen molar-refractivity contribution in [3.05, 3.63) is 0 Å². The van der Waals surface area contributed by atoms with Gasteiger partial charge in [0.25, 0.3) is 0 Å². The van der Waals surface area contributed by atoms with E-state index in [1.807, 2.05) is 0 Å². The van der Waals surface area contributed by atoms with E-state index >= 15 is 0 Å². The van der Waals surface area contributed by atoms with Crippen LogP contribution in [0.4, 0.5) is 4.79 Å². The van der Waals surface area contributed by atoms with Crippen LogP contribution in [0.2, 0.25) is 0 Å². The van der Waals surface area contributed by atoms with Gasteiger partial charge in [-0.05, 0) is 0 Å². The second-order valence-electron chi connectivity index (χ2n) is 1.71. The largest absolute Gasteiger partial charge is 0.352 e. The van der Waals surface area contributed by atoms with E-state index in [2.05, 4.69) is 5.32 Å². The monoisotopic (exact) mass is 204 g/mol. The molecule has 0 aliphatic heterocycles. The van der Waals surface area contributed by atoms with Gasteiger partial charge in [-0.15, -0.1) is 11.6 Å². The van der Waals surface area contributed by atoms with E-state index in [4.69, 9.17) is 40.5 Å². The Hall–Kier alpha value is 0.140. The van der Waals surface area contributed by atoms with Crippen molar-refractivity contribution in [3.8, 4) is 0 Å². The number of halogens is 3. The molecule has 0 unspecified atom stereocenters. The van der Waals surface area contributed by atoms with E-state index in [0.29, 0.717) is 0 Å². The predicted molar refractivity (Wildman–Crippen MR) is 42.7 cm³/mol. The number of alkyl halides is 3. The van der Waals surface area contributed by atoms with E-state index in [1.54, 1.807) is 0 Å². The average molecular weight is 205 g/mol. The molecule has 0 aliphatic rings. The zero-order chi connectivity index (χ0) is 8.20. The normalized spacial score (nSPS) is 11.1. The Morgan fingerprint density at radius 2 is 2.10 bits per heavy atom. The molecular formula is C4H7Cl3N2O. The third kappa shape index (κ3) is 4.97. The van der Waals surface area contributed by atoms with Gasteiger partial charge in [0, 0.05) is 0 Å². The summed E-state index contributed by atoms with van der Waals surface area (Å²) in [5.41, 5.74) is 4.74. The van der Waals surface area contributed by atoms with Gasteiger partial charge in [-0.1, -0.05) is 23.2 Å². The highest BCUT2D eigenvalue weighted by Gasteiger charge is 2.22. The molecule has 0 spiro atoms. The lowest BCUT2D eigenvalue weighted by Gasteiger charge is -2.14. The second kappa shape index (κ2) is 4.11. The molecule has 3 N–H and O–H groups in total. The van der Waals surface area contributed by atoms with Gasteiger partial charge in [0.1, 0.15) is 4.33 Å². The van der Waals surface area contributed by atoms with Crippen LogP contribution >= 0.6 is 34.8 Å². The summed E-state index contributed by atoms with van der Waals surface area (Å²) in [4.78, 5) is 10.1. The quantitative estimate of drug-likeness (QED) is 0.665. The van der Waals surface area contributed by atoms with Gasteiger partial charge in [0.15, 0.2) is 0 Å². The van der Waals surface area contributed by atoms with Crippen LogP contribution in [0, 0.1) is 0 Å². The molecule has 0 aliphatic carbocycles. The number of carbonyl (C=O) groups is 1. The maximum Gasteiger partial charge on any atom is 0.312 e. The Kier molecular flexibility index (Phi) is 4.17. The zero-order valence-electron chi connectivity index (χ0n) is 5.03. The maximum atomic E-state index is 10.1. The highest BCUT2D eigenvalue weighted by atomic mass is 35.5. The van der Waals surface area contributed by atoms with Crippen LogP contribution in [0.3, 0.4) is 0 Å². The number of urea groups is 1. The molecule has 0 aromatic rings. The van der Waals surface area contributed by atoms with Gasteiger partial charge >= 0.3 is 6.03 Å². The summed E-state index contributed by atoms with van der Waals surface area (Å²) in [6, 6.07) is -0.671. The predicted octanol–water partition coefficient (Wildman–Crippen LogP) is 1.07. The van der Waals surface area contributed by atoms with Crippen LogP contribution in [0.1, 0.15) is 0 Å². The topological polar surface area (TPSA) is 55.1 Å². The molecule has 2 amide bonds.